The van der Waals surface area contributed by atoms with E-state index in [1.54, 1.807) is 6.08 Å². The van der Waals surface area contributed by atoms with E-state index in [0.717, 1.165) is 29.3 Å². The molecule has 0 saturated carbocycles. The summed E-state index contributed by atoms with van der Waals surface area (Å²) in [7, 11) is 0. The zero-order chi connectivity index (χ0) is 21.7. The zero-order valence-electron chi connectivity index (χ0n) is 17.2. The van der Waals surface area contributed by atoms with Crippen molar-refractivity contribution in [1.29, 1.82) is 5.26 Å². The van der Waals surface area contributed by atoms with E-state index >= 15 is 0 Å². The van der Waals surface area contributed by atoms with E-state index < -0.39 is 24.6 Å². The Kier molecular flexibility index (Phi) is 7.22. The van der Waals surface area contributed by atoms with Crippen LogP contribution in [0.2, 0.25) is 0 Å². The Bertz CT molecular complexity index is 977. The maximum atomic E-state index is 12.4. The Morgan fingerprint density at radius 3 is 2.73 bits per heavy atom. The van der Waals surface area contributed by atoms with Crippen LogP contribution in [0.3, 0.4) is 0 Å². The number of allylic oxidation sites excluding steroid dienone is 1. The summed E-state index contributed by atoms with van der Waals surface area (Å²) in [5, 5.41) is 39.6. The normalized spacial score (nSPS) is 18.6. The molecule has 3 N–H and O–H groups in total. The average Bonchev–Trinajstić information content (AvgIpc) is 2.74. The topological polar surface area (TPSA) is 105 Å². The highest BCUT2D eigenvalue weighted by Crippen LogP contribution is 2.35. The first-order valence-corrected chi connectivity index (χ1v) is 10.4. The molecule has 1 saturated heterocycles. The van der Waals surface area contributed by atoms with Crippen LogP contribution in [0.25, 0.3) is 16.8 Å². The lowest BCUT2D eigenvalue weighted by molar-refractivity contribution is -0.116. The number of ketones is 1. The van der Waals surface area contributed by atoms with E-state index in [2.05, 4.69) is 30.0 Å². The van der Waals surface area contributed by atoms with Crippen LogP contribution in [-0.4, -0.2) is 52.5 Å². The van der Waals surface area contributed by atoms with Crippen LogP contribution in [0.5, 0.6) is 0 Å². The summed E-state index contributed by atoms with van der Waals surface area (Å²) in [5.41, 5.74) is 1.95. The number of carbonyl (C=O) groups is 1. The van der Waals surface area contributed by atoms with Gasteiger partial charge in [-0.05, 0) is 48.4 Å². The van der Waals surface area contributed by atoms with E-state index in [-0.39, 0.29) is 18.4 Å². The van der Waals surface area contributed by atoms with Gasteiger partial charge in [0.05, 0.1) is 18.3 Å². The summed E-state index contributed by atoms with van der Waals surface area (Å²) in [5.74, 6) is -0.399. The highest BCUT2D eigenvalue weighted by atomic mass is 16.4. The second kappa shape index (κ2) is 9.86. The van der Waals surface area contributed by atoms with Crippen molar-refractivity contribution in [2.24, 2.45) is 0 Å². The average molecular weight is 408 g/mol. The lowest BCUT2D eigenvalue weighted by Gasteiger charge is -2.43. The van der Waals surface area contributed by atoms with Gasteiger partial charge in [0.2, 0.25) is 0 Å². The Morgan fingerprint density at radius 1 is 1.30 bits per heavy atom. The number of Topliss-reactive ketones (excluding diaryl/α,β-unsaturated/α-hetero) is 1. The van der Waals surface area contributed by atoms with Gasteiger partial charge in [0.15, 0.2) is 5.78 Å². The number of rotatable bonds is 9. The van der Waals surface area contributed by atoms with Crippen molar-refractivity contribution >= 4 is 28.3 Å². The minimum Gasteiger partial charge on any atom is -0.394 e. The van der Waals surface area contributed by atoms with Crippen LogP contribution < -0.4 is 4.90 Å². The zero-order valence-corrected chi connectivity index (χ0v) is 17.2. The molecule has 3 unspecified atom stereocenters. The maximum absolute atomic E-state index is 12.4. The number of nitrogens with zero attached hydrogens (tertiary/aromatic N) is 2. The number of hydrogen-bond donors (Lipinski definition) is 3. The van der Waals surface area contributed by atoms with Crippen LogP contribution in [0, 0.1) is 11.3 Å². The van der Waals surface area contributed by atoms with Gasteiger partial charge in [-0.15, -0.1) is 0 Å². The second-order valence-electron chi connectivity index (χ2n) is 7.75. The van der Waals surface area contributed by atoms with Crippen molar-refractivity contribution in [2.75, 3.05) is 18.1 Å². The van der Waals surface area contributed by atoms with E-state index in [0.29, 0.717) is 6.04 Å². The molecule has 0 spiro atoms. The van der Waals surface area contributed by atoms with Crippen molar-refractivity contribution in [3.63, 3.8) is 0 Å². The monoisotopic (exact) mass is 408 g/mol. The minimum absolute atomic E-state index is 0.00732. The third kappa shape index (κ3) is 4.71. The van der Waals surface area contributed by atoms with Gasteiger partial charge < -0.3 is 20.2 Å². The fourth-order valence-corrected chi connectivity index (χ4v) is 3.87. The van der Waals surface area contributed by atoms with Gasteiger partial charge in [-0.1, -0.05) is 31.2 Å². The van der Waals surface area contributed by atoms with Crippen molar-refractivity contribution in [1.82, 2.24) is 0 Å². The fourth-order valence-electron chi connectivity index (χ4n) is 3.87. The van der Waals surface area contributed by atoms with Crippen LogP contribution in [0.4, 0.5) is 5.69 Å². The third-order valence-electron chi connectivity index (χ3n) is 5.84. The Balaban J connectivity index is 1.83. The molecule has 1 aliphatic rings. The SMILES string of the molecule is CCC1CCN1c1cccc2ccc(/C=C(\C#N)C(=O)CCC(O)C(O)CO)cc12. The molecule has 0 radical (unpaired) electrons. The van der Waals surface area contributed by atoms with Crippen molar-refractivity contribution < 1.29 is 20.1 Å². The summed E-state index contributed by atoms with van der Waals surface area (Å²) in [6, 6.07) is 14.6. The summed E-state index contributed by atoms with van der Waals surface area (Å²) < 4.78 is 0. The molecule has 0 aliphatic carbocycles. The number of aliphatic hydroxyl groups is 3. The van der Waals surface area contributed by atoms with Gasteiger partial charge >= 0.3 is 0 Å². The number of aliphatic hydroxyl groups excluding tert-OH is 3. The minimum atomic E-state index is -1.29. The molecule has 6 nitrogen and oxygen atoms in total. The summed E-state index contributed by atoms with van der Waals surface area (Å²) in [6.07, 6.45) is 1.26. The van der Waals surface area contributed by atoms with Gasteiger partial charge in [0, 0.05) is 30.1 Å². The number of fused-ring (bicyclic) bond motifs is 1. The molecule has 0 amide bonds. The van der Waals surface area contributed by atoms with Crippen LogP contribution in [0.15, 0.2) is 42.0 Å². The Hall–Kier alpha value is -2.72. The summed E-state index contributed by atoms with van der Waals surface area (Å²) in [6.45, 7) is 2.64. The molecular formula is C24H28N2O4. The first kappa shape index (κ1) is 22.0. The van der Waals surface area contributed by atoms with E-state index in [1.165, 1.54) is 12.1 Å². The van der Waals surface area contributed by atoms with Crippen LogP contribution >= 0.6 is 0 Å². The van der Waals surface area contributed by atoms with Gasteiger partial charge in [-0.25, -0.2) is 0 Å². The highest BCUT2D eigenvalue weighted by Gasteiger charge is 2.27. The first-order chi connectivity index (χ1) is 14.5. The lowest BCUT2D eigenvalue weighted by atomic mass is 9.96. The van der Waals surface area contributed by atoms with Crippen molar-refractivity contribution in [3.05, 3.63) is 47.5 Å². The molecule has 1 aliphatic heterocycles. The number of carbonyl (C=O) groups excluding carboxylic acids is 1. The molecule has 3 rings (SSSR count). The molecule has 6 heteroatoms. The largest absolute Gasteiger partial charge is 0.394 e. The van der Waals surface area contributed by atoms with Crippen LogP contribution in [-0.2, 0) is 4.79 Å². The first-order valence-electron chi connectivity index (χ1n) is 10.4. The number of nitriles is 1. The van der Waals surface area contributed by atoms with E-state index in [9.17, 15) is 20.3 Å². The molecule has 1 heterocycles. The van der Waals surface area contributed by atoms with Crippen LogP contribution in [0.1, 0.15) is 38.2 Å². The standard InChI is InChI=1S/C24H28N2O4/c1-2-19-10-11-26(19)21-5-3-4-17-7-6-16(13-20(17)21)12-18(14-25)22(28)8-9-23(29)24(30)15-27/h3-7,12-13,19,23-24,27,29-30H,2,8-11,15H2,1H3/b18-12+. The molecule has 2 aromatic rings. The highest BCUT2D eigenvalue weighted by molar-refractivity contribution is 6.04. The summed E-state index contributed by atoms with van der Waals surface area (Å²) in [4.78, 5) is 14.8. The molecule has 0 bridgehead atoms. The lowest BCUT2D eigenvalue weighted by Crippen LogP contribution is -2.47. The molecule has 1 fully saturated rings. The van der Waals surface area contributed by atoms with E-state index in [1.807, 2.05) is 24.3 Å². The van der Waals surface area contributed by atoms with Crippen molar-refractivity contribution in [3.8, 4) is 6.07 Å². The Morgan fingerprint density at radius 2 is 2.10 bits per heavy atom. The molecule has 2 aromatic carbocycles. The fraction of sp³-hybridized carbons (Fsp3) is 0.417. The molecule has 158 valence electrons. The Labute approximate surface area is 176 Å². The molecule has 0 aromatic heterocycles. The number of anilines is 1. The van der Waals surface area contributed by atoms with Gasteiger partial charge in [-0.2, -0.15) is 5.26 Å². The maximum Gasteiger partial charge on any atom is 0.173 e. The molecule has 30 heavy (non-hydrogen) atoms. The third-order valence-corrected chi connectivity index (χ3v) is 5.84. The summed E-state index contributed by atoms with van der Waals surface area (Å²) >= 11 is 0. The smallest absolute Gasteiger partial charge is 0.173 e. The number of benzene rings is 2. The van der Waals surface area contributed by atoms with Gasteiger partial charge in [0.25, 0.3) is 0 Å². The molecule has 3 atom stereocenters. The predicted molar refractivity (Wildman–Crippen MR) is 117 cm³/mol. The van der Waals surface area contributed by atoms with Gasteiger partial charge in [0.1, 0.15) is 12.2 Å². The second-order valence-corrected chi connectivity index (χ2v) is 7.75. The van der Waals surface area contributed by atoms with Crippen molar-refractivity contribution in [2.45, 2.75) is 50.9 Å². The number of hydrogen-bond acceptors (Lipinski definition) is 6. The predicted octanol–water partition coefficient (Wildman–Crippen LogP) is 2.80. The van der Waals surface area contributed by atoms with Gasteiger partial charge in [-0.3, -0.25) is 4.79 Å². The van der Waals surface area contributed by atoms with E-state index in [4.69, 9.17) is 5.11 Å². The quantitative estimate of drug-likeness (QED) is 0.435. The molecular weight excluding hydrogens is 380 g/mol.